The highest BCUT2D eigenvalue weighted by Gasteiger charge is 2.33. The monoisotopic (exact) mass is 459 g/mol. The van der Waals surface area contributed by atoms with E-state index in [1.165, 1.54) is 0 Å². The van der Waals surface area contributed by atoms with Crippen molar-refractivity contribution in [2.24, 2.45) is 0 Å². The molecule has 0 radical (unpaired) electrons. The molecule has 0 bridgehead atoms. The molecule has 0 saturated heterocycles. The molecule has 2 aromatic rings. The highest BCUT2D eigenvalue weighted by atomic mass is 80.0. The van der Waals surface area contributed by atoms with E-state index in [1.54, 1.807) is 12.1 Å². The molecule has 0 heterocycles. The molecule has 5 heteroatoms. The van der Waals surface area contributed by atoms with Gasteiger partial charge in [0.15, 0.2) is 2.14 Å². The van der Waals surface area contributed by atoms with E-state index >= 15 is 0 Å². The first-order chi connectivity index (χ1) is 9.48. The number of carbonyl (C=O) groups is 1. The normalized spacial score (nSPS) is 12.8. The van der Waals surface area contributed by atoms with E-state index < -0.39 is 2.14 Å². The Morgan fingerprint density at radius 2 is 1.40 bits per heavy atom. The third kappa shape index (κ3) is 4.17. The van der Waals surface area contributed by atoms with Crippen molar-refractivity contribution in [2.75, 3.05) is 0 Å². The summed E-state index contributed by atoms with van der Waals surface area (Å²) in [6.45, 7) is 0. The lowest BCUT2D eigenvalue weighted by Crippen LogP contribution is -2.35. The third-order valence-electron chi connectivity index (χ3n) is 2.77. The van der Waals surface area contributed by atoms with Crippen molar-refractivity contribution in [3.63, 3.8) is 0 Å². The van der Waals surface area contributed by atoms with Crippen LogP contribution in [-0.4, -0.2) is 8.05 Å². The topological polar surface area (TPSA) is 29.1 Å². The summed E-state index contributed by atoms with van der Waals surface area (Å²) in [4.78, 5) is 12.3. The molecule has 2 aromatic carbocycles. The minimum atomic E-state index is -0.612. The molecule has 0 aliphatic carbocycles. The van der Waals surface area contributed by atoms with Crippen LogP contribution >= 0.6 is 47.8 Å². The summed E-state index contributed by atoms with van der Waals surface area (Å²) < 4.78 is -0.612. The maximum Gasteiger partial charge on any atom is 0.251 e. The first-order valence-electron chi connectivity index (χ1n) is 5.96. The molecular weight excluding hydrogens is 450 g/mol. The van der Waals surface area contributed by atoms with Gasteiger partial charge in [0.1, 0.15) is 0 Å². The molecule has 2 nitrogen and oxygen atoms in total. The molecule has 104 valence electrons. The number of nitrogens with one attached hydrogen (secondary N) is 1. The van der Waals surface area contributed by atoms with Crippen molar-refractivity contribution >= 4 is 53.7 Å². The molecule has 0 unspecified atom stereocenters. The molecule has 0 aliphatic rings. The van der Waals surface area contributed by atoms with Gasteiger partial charge in [-0.15, -0.1) is 0 Å². The van der Waals surface area contributed by atoms with E-state index in [1.807, 2.05) is 48.5 Å². The maximum absolute atomic E-state index is 12.3. The zero-order valence-electron chi connectivity index (χ0n) is 10.4. The van der Waals surface area contributed by atoms with E-state index in [4.69, 9.17) is 0 Å². The maximum atomic E-state index is 12.3. The van der Waals surface area contributed by atoms with Gasteiger partial charge in [-0.1, -0.05) is 96.3 Å². The van der Waals surface area contributed by atoms with Crippen LogP contribution in [0.4, 0.5) is 0 Å². The molecule has 0 spiro atoms. The highest BCUT2D eigenvalue weighted by Crippen LogP contribution is 2.45. The molecule has 0 aliphatic heterocycles. The predicted molar refractivity (Wildman–Crippen MR) is 92.6 cm³/mol. The van der Waals surface area contributed by atoms with Crippen molar-refractivity contribution in [3.05, 3.63) is 71.8 Å². The van der Waals surface area contributed by atoms with Gasteiger partial charge in [0, 0.05) is 5.56 Å². The van der Waals surface area contributed by atoms with Gasteiger partial charge in [0.25, 0.3) is 5.91 Å². The Morgan fingerprint density at radius 3 is 1.90 bits per heavy atom. The van der Waals surface area contributed by atoms with Crippen LogP contribution in [0.3, 0.4) is 0 Å². The fraction of sp³-hybridized carbons (Fsp3) is 0.133. The zero-order valence-corrected chi connectivity index (χ0v) is 15.2. The fourth-order valence-electron chi connectivity index (χ4n) is 1.80. The fourth-order valence-corrected chi connectivity index (χ4v) is 2.94. The number of amides is 1. The van der Waals surface area contributed by atoms with E-state index in [-0.39, 0.29) is 11.9 Å². The molecule has 2 rings (SSSR count). The first-order valence-corrected chi connectivity index (χ1v) is 8.34. The standard InChI is InChI=1S/C15H12Br3NO/c16-15(17,18)13(11-7-3-1-4-8-11)19-14(20)12-9-5-2-6-10-12/h1-10,13H,(H,19,20)/t13-/m1/s1. The second kappa shape index (κ2) is 6.87. The van der Waals surface area contributed by atoms with Crippen LogP contribution in [0.15, 0.2) is 60.7 Å². The average Bonchev–Trinajstić information content (AvgIpc) is 2.45. The quantitative estimate of drug-likeness (QED) is 0.640. The van der Waals surface area contributed by atoms with Gasteiger partial charge in [0.2, 0.25) is 0 Å². The minimum absolute atomic E-state index is 0.123. The van der Waals surface area contributed by atoms with Crippen molar-refractivity contribution in [1.29, 1.82) is 0 Å². The lowest BCUT2D eigenvalue weighted by Gasteiger charge is -2.27. The van der Waals surface area contributed by atoms with Gasteiger partial charge < -0.3 is 5.32 Å². The van der Waals surface area contributed by atoms with Crippen molar-refractivity contribution < 1.29 is 4.79 Å². The van der Waals surface area contributed by atoms with Gasteiger partial charge in [0.05, 0.1) is 6.04 Å². The van der Waals surface area contributed by atoms with Crippen molar-refractivity contribution in [2.45, 2.75) is 8.18 Å². The number of carbonyl (C=O) groups excluding carboxylic acids is 1. The Bertz CT molecular complexity index is 567. The van der Waals surface area contributed by atoms with Gasteiger partial charge >= 0.3 is 0 Å². The molecular formula is C15H12Br3NO. The van der Waals surface area contributed by atoms with Crippen LogP contribution in [0, 0.1) is 0 Å². The third-order valence-corrected chi connectivity index (χ3v) is 4.15. The number of hydrogen-bond donors (Lipinski definition) is 1. The Kier molecular flexibility index (Phi) is 5.41. The lowest BCUT2D eigenvalue weighted by atomic mass is 10.1. The number of halogens is 3. The molecule has 1 N–H and O–H groups in total. The number of benzene rings is 2. The van der Waals surface area contributed by atoms with Gasteiger partial charge in [-0.05, 0) is 17.7 Å². The molecule has 0 saturated carbocycles. The summed E-state index contributed by atoms with van der Waals surface area (Å²) in [5, 5.41) is 3.01. The van der Waals surface area contributed by atoms with Gasteiger partial charge in [-0.2, -0.15) is 0 Å². The average molecular weight is 462 g/mol. The van der Waals surface area contributed by atoms with Gasteiger partial charge in [-0.3, -0.25) is 4.79 Å². The highest BCUT2D eigenvalue weighted by molar-refractivity contribution is 9.39. The smallest absolute Gasteiger partial charge is 0.251 e. The first kappa shape index (κ1) is 15.7. The van der Waals surface area contributed by atoms with Crippen LogP contribution in [0.1, 0.15) is 22.0 Å². The van der Waals surface area contributed by atoms with E-state index in [2.05, 4.69) is 53.1 Å². The van der Waals surface area contributed by atoms with E-state index in [0.717, 1.165) is 5.56 Å². The predicted octanol–water partition coefficient (Wildman–Crippen LogP) is 5.00. The van der Waals surface area contributed by atoms with Crippen molar-refractivity contribution in [3.8, 4) is 0 Å². The Hall–Kier alpha value is -0.650. The summed E-state index contributed by atoms with van der Waals surface area (Å²) in [6.07, 6.45) is 0. The minimum Gasteiger partial charge on any atom is -0.342 e. The number of hydrogen-bond acceptors (Lipinski definition) is 1. The van der Waals surface area contributed by atoms with Crippen molar-refractivity contribution in [1.82, 2.24) is 5.32 Å². The Labute approximate surface area is 143 Å². The van der Waals surface area contributed by atoms with E-state index in [0.29, 0.717) is 5.56 Å². The summed E-state index contributed by atoms with van der Waals surface area (Å²) in [7, 11) is 0. The number of alkyl halides is 3. The largest absolute Gasteiger partial charge is 0.342 e. The molecule has 0 fully saturated rings. The summed E-state index contributed by atoms with van der Waals surface area (Å²) in [6, 6.07) is 18.6. The Morgan fingerprint density at radius 1 is 0.900 bits per heavy atom. The van der Waals surface area contributed by atoms with Crippen LogP contribution in [0.2, 0.25) is 0 Å². The van der Waals surface area contributed by atoms with Crippen LogP contribution in [0.25, 0.3) is 0 Å². The Balaban J connectivity index is 2.24. The van der Waals surface area contributed by atoms with Crippen LogP contribution < -0.4 is 5.32 Å². The summed E-state index contributed by atoms with van der Waals surface area (Å²) in [5.41, 5.74) is 1.62. The summed E-state index contributed by atoms with van der Waals surface area (Å²) in [5.74, 6) is -0.123. The number of rotatable bonds is 3. The van der Waals surface area contributed by atoms with E-state index in [9.17, 15) is 4.79 Å². The second-order valence-electron chi connectivity index (χ2n) is 4.22. The molecule has 20 heavy (non-hydrogen) atoms. The molecule has 1 atom stereocenters. The lowest BCUT2D eigenvalue weighted by molar-refractivity contribution is 0.0939. The van der Waals surface area contributed by atoms with Crippen LogP contribution in [-0.2, 0) is 0 Å². The SMILES string of the molecule is O=C(N[C@H](c1ccccc1)C(Br)(Br)Br)c1ccccc1. The summed E-state index contributed by atoms with van der Waals surface area (Å²) >= 11 is 10.5. The molecule has 1 amide bonds. The van der Waals surface area contributed by atoms with Crippen LogP contribution in [0.5, 0.6) is 0 Å². The second-order valence-corrected chi connectivity index (χ2v) is 11.2. The van der Waals surface area contributed by atoms with Gasteiger partial charge in [-0.25, -0.2) is 0 Å². The zero-order chi connectivity index (χ0) is 14.6. The molecule has 0 aromatic heterocycles.